The molecule has 0 bridgehead atoms. The molecule has 0 radical (unpaired) electrons. The summed E-state index contributed by atoms with van der Waals surface area (Å²) in [5.74, 6) is 1.09. The van der Waals surface area contributed by atoms with Gasteiger partial charge in [0.05, 0.1) is 0 Å². The van der Waals surface area contributed by atoms with Crippen molar-refractivity contribution in [3.8, 4) is 0 Å². The van der Waals surface area contributed by atoms with Crippen LogP contribution in [0, 0.1) is 6.92 Å². The van der Waals surface area contributed by atoms with E-state index in [0.29, 0.717) is 0 Å². The third-order valence-corrected chi connectivity index (χ3v) is 3.01. The van der Waals surface area contributed by atoms with E-state index < -0.39 is 0 Å². The number of nitrogens with zero attached hydrogens (tertiary/aromatic N) is 2. The molecule has 0 aromatic carbocycles. The van der Waals surface area contributed by atoms with Gasteiger partial charge in [-0.2, -0.15) is 0 Å². The number of hydrogen-bond donors (Lipinski definition) is 1. The third kappa shape index (κ3) is 4.00. The molecule has 0 aliphatic heterocycles. The summed E-state index contributed by atoms with van der Waals surface area (Å²) in [6, 6.07) is 4.32. The molecule has 0 saturated heterocycles. The highest BCUT2D eigenvalue weighted by Crippen LogP contribution is 2.14. The number of aromatic nitrogens is 1. The second-order valence-electron chi connectivity index (χ2n) is 4.26. The van der Waals surface area contributed by atoms with Gasteiger partial charge in [0.25, 0.3) is 0 Å². The fraction of sp³-hybridized carbons (Fsp3) is 0.643. The standard InChI is InChI=1S/C14H25N3/c1-5-10-15-11-13-8-9-14(16-12(13)4)17(6-2)7-3/h8-9,15H,5-7,10-11H2,1-4H3. The fourth-order valence-corrected chi connectivity index (χ4v) is 1.89. The summed E-state index contributed by atoms with van der Waals surface area (Å²) in [4.78, 5) is 6.95. The van der Waals surface area contributed by atoms with E-state index in [0.717, 1.165) is 37.7 Å². The molecule has 0 amide bonds. The van der Waals surface area contributed by atoms with Crippen molar-refractivity contribution in [1.29, 1.82) is 0 Å². The van der Waals surface area contributed by atoms with E-state index in [1.54, 1.807) is 0 Å². The van der Waals surface area contributed by atoms with E-state index in [1.807, 2.05) is 0 Å². The normalized spacial score (nSPS) is 10.6. The maximum atomic E-state index is 4.68. The van der Waals surface area contributed by atoms with E-state index in [-0.39, 0.29) is 0 Å². The van der Waals surface area contributed by atoms with E-state index in [4.69, 9.17) is 0 Å². The molecule has 0 spiro atoms. The molecule has 0 aliphatic rings. The Balaban J connectivity index is 2.71. The first-order chi connectivity index (χ1) is 8.22. The summed E-state index contributed by atoms with van der Waals surface area (Å²) in [5, 5.41) is 3.42. The maximum Gasteiger partial charge on any atom is 0.128 e. The Kier molecular flexibility index (Phi) is 5.98. The molecule has 3 nitrogen and oxygen atoms in total. The molecule has 0 saturated carbocycles. The second kappa shape index (κ2) is 7.28. The predicted molar refractivity (Wildman–Crippen MR) is 74.5 cm³/mol. The topological polar surface area (TPSA) is 28.2 Å². The second-order valence-corrected chi connectivity index (χ2v) is 4.26. The third-order valence-electron chi connectivity index (χ3n) is 3.01. The minimum atomic E-state index is 0.922. The van der Waals surface area contributed by atoms with Crippen LogP contribution in [0.4, 0.5) is 5.82 Å². The fourth-order valence-electron chi connectivity index (χ4n) is 1.89. The molecule has 17 heavy (non-hydrogen) atoms. The van der Waals surface area contributed by atoms with Crippen molar-refractivity contribution >= 4 is 5.82 Å². The van der Waals surface area contributed by atoms with Gasteiger partial charge in [0.15, 0.2) is 0 Å². The number of aryl methyl sites for hydroxylation is 1. The first-order valence-corrected chi connectivity index (χ1v) is 6.65. The van der Waals surface area contributed by atoms with Gasteiger partial charge in [-0.05, 0) is 45.4 Å². The van der Waals surface area contributed by atoms with Crippen molar-refractivity contribution in [3.63, 3.8) is 0 Å². The summed E-state index contributed by atoms with van der Waals surface area (Å²) in [7, 11) is 0. The molecule has 96 valence electrons. The zero-order chi connectivity index (χ0) is 12.7. The van der Waals surface area contributed by atoms with Gasteiger partial charge in [-0.1, -0.05) is 13.0 Å². The van der Waals surface area contributed by atoms with Crippen molar-refractivity contribution in [1.82, 2.24) is 10.3 Å². The van der Waals surface area contributed by atoms with Gasteiger partial charge in [-0.15, -0.1) is 0 Å². The van der Waals surface area contributed by atoms with E-state index in [9.17, 15) is 0 Å². The highest BCUT2D eigenvalue weighted by Gasteiger charge is 2.06. The molecule has 0 atom stereocenters. The van der Waals surface area contributed by atoms with Crippen molar-refractivity contribution in [2.45, 2.75) is 40.7 Å². The molecule has 0 aliphatic carbocycles. The summed E-state index contributed by atoms with van der Waals surface area (Å²) < 4.78 is 0. The number of anilines is 1. The molecule has 1 aromatic rings. The zero-order valence-electron chi connectivity index (χ0n) is 11.6. The molecule has 0 unspecified atom stereocenters. The number of hydrogen-bond acceptors (Lipinski definition) is 3. The number of rotatable bonds is 7. The van der Waals surface area contributed by atoms with Crippen LogP contribution >= 0.6 is 0 Å². The number of pyridine rings is 1. The van der Waals surface area contributed by atoms with Crippen LogP contribution in [0.3, 0.4) is 0 Å². The molecular weight excluding hydrogens is 210 g/mol. The van der Waals surface area contributed by atoms with Crippen LogP contribution in [0.15, 0.2) is 12.1 Å². The van der Waals surface area contributed by atoms with Crippen molar-refractivity contribution in [2.24, 2.45) is 0 Å². The lowest BCUT2D eigenvalue weighted by atomic mass is 10.2. The smallest absolute Gasteiger partial charge is 0.128 e. The van der Waals surface area contributed by atoms with Gasteiger partial charge < -0.3 is 10.2 Å². The Morgan fingerprint density at radius 3 is 2.41 bits per heavy atom. The Labute approximate surface area is 105 Å². The Morgan fingerprint density at radius 2 is 1.88 bits per heavy atom. The lowest BCUT2D eigenvalue weighted by Crippen LogP contribution is -2.23. The first kappa shape index (κ1) is 14.0. The van der Waals surface area contributed by atoms with Crippen LogP contribution in [0.5, 0.6) is 0 Å². The highest BCUT2D eigenvalue weighted by atomic mass is 15.2. The van der Waals surface area contributed by atoms with Gasteiger partial charge in [0.1, 0.15) is 5.82 Å². The van der Waals surface area contributed by atoms with Crippen molar-refractivity contribution < 1.29 is 0 Å². The van der Waals surface area contributed by atoms with Crippen LogP contribution in [-0.2, 0) is 6.54 Å². The Hall–Kier alpha value is -1.09. The van der Waals surface area contributed by atoms with Crippen LogP contribution < -0.4 is 10.2 Å². The quantitative estimate of drug-likeness (QED) is 0.737. The van der Waals surface area contributed by atoms with Crippen LogP contribution in [0.1, 0.15) is 38.4 Å². The summed E-state index contributed by atoms with van der Waals surface area (Å²) in [6.07, 6.45) is 1.17. The van der Waals surface area contributed by atoms with Crippen LogP contribution in [0.25, 0.3) is 0 Å². The van der Waals surface area contributed by atoms with Gasteiger partial charge >= 0.3 is 0 Å². The summed E-state index contributed by atoms with van der Waals surface area (Å²) in [5.41, 5.74) is 2.44. The molecule has 1 aromatic heterocycles. The monoisotopic (exact) mass is 235 g/mol. The maximum absolute atomic E-state index is 4.68. The average molecular weight is 235 g/mol. The molecular formula is C14H25N3. The predicted octanol–water partition coefficient (Wildman–Crippen LogP) is 2.74. The molecule has 1 rings (SSSR count). The Morgan fingerprint density at radius 1 is 1.18 bits per heavy atom. The lowest BCUT2D eigenvalue weighted by Gasteiger charge is -2.20. The van der Waals surface area contributed by atoms with E-state index in [2.05, 4.69) is 55.0 Å². The van der Waals surface area contributed by atoms with E-state index in [1.165, 1.54) is 12.0 Å². The van der Waals surface area contributed by atoms with Gasteiger partial charge in [0.2, 0.25) is 0 Å². The van der Waals surface area contributed by atoms with Gasteiger partial charge in [-0.25, -0.2) is 4.98 Å². The van der Waals surface area contributed by atoms with Gasteiger partial charge in [-0.3, -0.25) is 0 Å². The molecule has 1 heterocycles. The zero-order valence-corrected chi connectivity index (χ0v) is 11.6. The molecule has 0 fully saturated rings. The minimum Gasteiger partial charge on any atom is -0.357 e. The molecule has 3 heteroatoms. The molecule has 1 N–H and O–H groups in total. The first-order valence-electron chi connectivity index (χ1n) is 6.65. The van der Waals surface area contributed by atoms with Crippen molar-refractivity contribution in [3.05, 3.63) is 23.4 Å². The van der Waals surface area contributed by atoms with Crippen LogP contribution in [0.2, 0.25) is 0 Å². The van der Waals surface area contributed by atoms with Crippen LogP contribution in [-0.4, -0.2) is 24.6 Å². The average Bonchev–Trinajstić information content (AvgIpc) is 2.33. The van der Waals surface area contributed by atoms with Gasteiger partial charge in [0, 0.05) is 25.3 Å². The van der Waals surface area contributed by atoms with Crippen molar-refractivity contribution in [2.75, 3.05) is 24.5 Å². The summed E-state index contributed by atoms with van der Waals surface area (Å²) >= 11 is 0. The summed E-state index contributed by atoms with van der Waals surface area (Å²) in [6.45, 7) is 12.6. The van der Waals surface area contributed by atoms with E-state index >= 15 is 0 Å². The minimum absolute atomic E-state index is 0.922. The SMILES string of the molecule is CCCNCc1ccc(N(CC)CC)nc1C. The lowest BCUT2D eigenvalue weighted by molar-refractivity contribution is 0.670. The number of nitrogens with one attached hydrogen (secondary N) is 1. The highest BCUT2D eigenvalue weighted by molar-refractivity contribution is 5.41. The largest absolute Gasteiger partial charge is 0.357 e. The Bertz CT molecular complexity index is 332.